The third-order valence-electron chi connectivity index (χ3n) is 7.97. The molecule has 6 nitrogen and oxygen atoms in total. The quantitative estimate of drug-likeness (QED) is 0.177. The molecule has 204 valence electrons. The molecule has 1 fully saturated rings. The summed E-state index contributed by atoms with van der Waals surface area (Å²) in [6.45, 7) is 16.9. The van der Waals surface area contributed by atoms with Crippen molar-refractivity contribution in [3.05, 3.63) is 59.4 Å². The zero-order valence-corrected chi connectivity index (χ0v) is 24.7. The number of rotatable bonds is 5. The first-order valence-corrected chi connectivity index (χ1v) is 16.2. The van der Waals surface area contributed by atoms with Crippen molar-refractivity contribution in [2.24, 2.45) is 5.92 Å². The molecule has 7 heteroatoms. The lowest BCUT2D eigenvalue weighted by Crippen LogP contribution is -2.45. The third-order valence-corrected chi connectivity index (χ3v) is 12.5. The number of allylic oxidation sites excluding steroid dienone is 2. The summed E-state index contributed by atoms with van der Waals surface area (Å²) in [6.07, 6.45) is 5.41. The first-order chi connectivity index (χ1) is 17.3. The molecule has 0 amide bonds. The highest BCUT2D eigenvalue weighted by molar-refractivity contribution is 6.74. The topological polar surface area (TPSA) is 71.1 Å². The summed E-state index contributed by atoms with van der Waals surface area (Å²) in [5, 5.41) is 0.00126. The van der Waals surface area contributed by atoms with Gasteiger partial charge in [-0.1, -0.05) is 70.2 Å². The van der Waals surface area contributed by atoms with Gasteiger partial charge in [-0.15, -0.1) is 0 Å². The van der Waals surface area contributed by atoms with E-state index in [2.05, 4.69) is 40.8 Å². The van der Waals surface area contributed by atoms with Crippen LogP contribution in [0, 0.1) is 5.92 Å². The molecule has 2 aliphatic rings. The molecule has 2 heterocycles. The van der Waals surface area contributed by atoms with Crippen molar-refractivity contribution in [3.8, 4) is 0 Å². The van der Waals surface area contributed by atoms with Crippen molar-refractivity contribution in [1.82, 2.24) is 0 Å². The second-order valence-electron chi connectivity index (χ2n) is 12.1. The van der Waals surface area contributed by atoms with Gasteiger partial charge in [0, 0.05) is 17.9 Å². The summed E-state index contributed by atoms with van der Waals surface area (Å²) >= 11 is 0. The highest BCUT2D eigenvalue weighted by Crippen LogP contribution is 2.44. The molecule has 0 saturated carbocycles. The van der Waals surface area contributed by atoms with E-state index in [4.69, 9.17) is 18.6 Å². The van der Waals surface area contributed by atoms with E-state index in [-0.39, 0.29) is 42.0 Å². The van der Waals surface area contributed by atoms with Gasteiger partial charge < -0.3 is 23.4 Å². The Morgan fingerprint density at radius 2 is 1.86 bits per heavy atom. The maximum absolute atomic E-state index is 13.2. The number of cyclic esters (lactones) is 1. The molecule has 0 aliphatic carbocycles. The summed E-state index contributed by atoms with van der Waals surface area (Å²) < 4.78 is 25.7. The van der Waals surface area contributed by atoms with Crippen molar-refractivity contribution in [2.45, 2.75) is 109 Å². The summed E-state index contributed by atoms with van der Waals surface area (Å²) in [5.41, 5.74) is 1.11. The number of aldehydes is 1. The molecule has 0 spiro atoms. The van der Waals surface area contributed by atoms with Gasteiger partial charge in [0.25, 0.3) is 0 Å². The predicted molar refractivity (Wildman–Crippen MR) is 147 cm³/mol. The number of esters is 1. The average Bonchev–Trinajstić information content (AvgIpc) is 3.15. The maximum Gasteiger partial charge on any atom is 0.313 e. The van der Waals surface area contributed by atoms with Gasteiger partial charge in [-0.05, 0) is 50.4 Å². The SMILES string of the molecule is CC(CC=O)=C1OC(=O)C[C@H](O[Si](C)(C)C(C)(C)C)CC[C@@]2(C)O[C@@H](c3ccccc3)O[C@H]2C=C[C@@H]1C. The monoisotopic (exact) mass is 528 g/mol. The van der Waals surface area contributed by atoms with Crippen LogP contribution in [0.4, 0.5) is 0 Å². The van der Waals surface area contributed by atoms with Gasteiger partial charge in [0.1, 0.15) is 18.1 Å². The van der Waals surface area contributed by atoms with Crippen LogP contribution in [0.15, 0.2) is 53.8 Å². The molecule has 1 aromatic carbocycles. The van der Waals surface area contributed by atoms with Crippen LogP contribution in [0.1, 0.15) is 79.1 Å². The van der Waals surface area contributed by atoms with E-state index in [0.29, 0.717) is 18.6 Å². The Morgan fingerprint density at radius 1 is 1.19 bits per heavy atom. The third kappa shape index (κ3) is 7.28. The molecule has 1 aromatic rings. The minimum atomic E-state index is -2.15. The first-order valence-electron chi connectivity index (χ1n) is 13.3. The van der Waals surface area contributed by atoms with E-state index < -0.39 is 20.2 Å². The highest BCUT2D eigenvalue weighted by Gasteiger charge is 2.47. The van der Waals surface area contributed by atoms with Crippen LogP contribution < -0.4 is 0 Å². The van der Waals surface area contributed by atoms with E-state index >= 15 is 0 Å². The molecule has 1 saturated heterocycles. The summed E-state index contributed by atoms with van der Waals surface area (Å²) in [4.78, 5) is 24.4. The normalized spacial score (nSPS) is 31.1. The lowest BCUT2D eigenvalue weighted by Gasteiger charge is -2.40. The molecule has 0 bridgehead atoms. The van der Waals surface area contributed by atoms with E-state index in [1.165, 1.54) is 0 Å². The average molecular weight is 529 g/mol. The van der Waals surface area contributed by atoms with Gasteiger partial charge in [0.2, 0.25) is 0 Å². The molecule has 0 unspecified atom stereocenters. The Balaban J connectivity index is 1.99. The molecule has 0 aromatic heterocycles. The molecular weight excluding hydrogens is 484 g/mol. The van der Waals surface area contributed by atoms with Gasteiger partial charge in [-0.3, -0.25) is 4.79 Å². The Morgan fingerprint density at radius 3 is 2.49 bits per heavy atom. The number of hydrogen-bond acceptors (Lipinski definition) is 6. The fourth-order valence-electron chi connectivity index (χ4n) is 4.57. The number of carbonyl (C=O) groups excluding carboxylic acids is 2. The van der Waals surface area contributed by atoms with Gasteiger partial charge in [-0.2, -0.15) is 0 Å². The molecule has 37 heavy (non-hydrogen) atoms. The highest BCUT2D eigenvalue weighted by atomic mass is 28.4. The van der Waals surface area contributed by atoms with Crippen LogP contribution in [0.3, 0.4) is 0 Å². The van der Waals surface area contributed by atoms with Crippen LogP contribution >= 0.6 is 0 Å². The number of fused-ring (bicyclic) bond motifs is 1. The number of hydrogen-bond donors (Lipinski definition) is 0. The predicted octanol–water partition coefficient (Wildman–Crippen LogP) is 7.03. The molecule has 0 N–H and O–H groups in total. The van der Waals surface area contributed by atoms with Crippen LogP contribution in [0.5, 0.6) is 0 Å². The van der Waals surface area contributed by atoms with Gasteiger partial charge in [0.05, 0.1) is 18.1 Å². The number of benzene rings is 1. The zero-order chi connectivity index (χ0) is 27.4. The van der Waals surface area contributed by atoms with Crippen LogP contribution in [0.2, 0.25) is 18.1 Å². The summed E-state index contributed by atoms with van der Waals surface area (Å²) in [7, 11) is -2.15. The number of carbonyl (C=O) groups is 2. The molecular formula is C30H44O6Si. The van der Waals surface area contributed by atoms with Gasteiger partial charge >= 0.3 is 5.97 Å². The van der Waals surface area contributed by atoms with E-state index in [1.807, 2.05) is 56.3 Å². The largest absolute Gasteiger partial charge is 0.430 e. The van der Waals surface area contributed by atoms with Gasteiger partial charge in [-0.25, -0.2) is 0 Å². The molecule has 0 radical (unpaired) electrons. The second-order valence-corrected chi connectivity index (χ2v) is 16.9. The standard InChI is InChI=1S/C30H44O6Si/c1-21-14-15-25-30(6,35-28(33-25)23-12-10-9-11-13-23)18-16-24(36-37(7,8)29(3,4)5)20-26(32)34-27(21)22(2)17-19-31/h9-15,19,21,24-25,28H,16-18,20H2,1-8H3/t21-,24+,25-,28-,30+/m0/s1. The number of ether oxygens (including phenoxy) is 3. The Hall–Kier alpha value is -2.06. The Bertz CT molecular complexity index is 1010. The van der Waals surface area contributed by atoms with E-state index in [9.17, 15) is 9.59 Å². The Kier molecular flexibility index (Phi) is 9.38. The van der Waals surface area contributed by atoms with Gasteiger partial charge in [0.15, 0.2) is 14.6 Å². The molecule has 3 rings (SSSR count). The minimum Gasteiger partial charge on any atom is -0.430 e. The minimum absolute atomic E-state index is 0.00126. The summed E-state index contributed by atoms with van der Waals surface area (Å²) in [5.74, 6) is -0.0378. The van der Waals surface area contributed by atoms with E-state index in [0.717, 1.165) is 17.4 Å². The lowest BCUT2D eigenvalue weighted by atomic mass is 9.90. The fraction of sp³-hybridized carbons (Fsp3) is 0.600. The summed E-state index contributed by atoms with van der Waals surface area (Å²) in [6, 6.07) is 9.95. The van der Waals surface area contributed by atoms with Crippen molar-refractivity contribution in [2.75, 3.05) is 0 Å². The fourth-order valence-corrected chi connectivity index (χ4v) is 5.95. The zero-order valence-electron chi connectivity index (χ0n) is 23.7. The second kappa shape index (κ2) is 11.8. The maximum atomic E-state index is 13.2. The van der Waals surface area contributed by atoms with Crippen molar-refractivity contribution >= 4 is 20.6 Å². The first kappa shape index (κ1) is 29.5. The van der Waals surface area contributed by atoms with Crippen LogP contribution in [-0.2, 0) is 28.2 Å². The van der Waals surface area contributed by atoms with Crippen LogP contribution in [-0.4, -0.2) is 38.4 Å². The van der Waals surface area contributed by atoms with Crippen LogP contribution in [0.25, 0.3) is 0 Å². The molecule has 2 aliphatic heterocycles. The molecule has 5 atom stereocenters. The van der Waals surface area contributed by atoms with Crippen molar-refractivity contribution in [3.63, 3.8) is 0 Å². The van der Waals surface area contributed by atoms with Crippen molar-refractivity contribution in [1.29, 1.82) is 0 Å². The lowest BCUT2D eigenvalue weighted by molar-refractivity contribution is -0.142. The smallest absolute Gasteiger partial charge is 0.313 e. The van der Waals surface area contributed by atoms with Crippen molar-refractivity contribution < 1.29 is 28.2 Å². The Labute approximate surface area is 223 Å². The van der Waals surface area contributed by atoms with E-state index in [1.54, 1.807) is 0 Å².